The second kappa shape index (κ2) is 8.16. The lowest BCUT2D eigenvalue weighted by molar-refractivity contribution is -0.134. The molecule has 0 saturated heterocycles. The molecule has 0 atom stereocenters. The van der Waals surface area contributed by atoms with E-state index in [2.05, 4.69) is 10.5 Å². The lowest BCUT2D eigenvalue weighted by atomic mass is 10.1. The molecule has 28 heavy (non-hydrogen) atoms. The molecule has 0 radical (unpaired) electrons. The maximum absolute atomic E-state index is 12.6. The Morgan fingerprint density at radius 2 is 1.93 bits per heavy atom. The van der Waals surface area contributed by atoms with Crippen LogP contribution in [0.25, 0.3) is 5.69 Å². The number of ether oxygens (including phenoxy) is 1. The first-order valence-corrected chi connectivity index (χ1v) is 9.23. The van der Waals surface area contributed by atoms with E-state index >= 15 is 0 Å². The summed E-state index contributed by atoms with van der Waals surface area (Å²) in [6.45, 7) is 3.24. The number of hydrazone groups is 1. The molecule has 1 N–H and O–H groups in total. The minimum Gasteiger partial charge on any atom is -0.453 e. The van der Waals surface area contributed by atoms with Crippen molar-refractivity contribution in [3.63, 3.8) is 0 Å². The van der Waals surface area contributed by atoms with E-state index in [-0.39, 0.29) is 30.2 Å². The van der Waals surface area contributed by atoms with E-state index in [0.717, 1.165) is 11.4 Å². The normalized spacial score (nSPS) is 13.7. The summed E-state index contributed by atoms with van der Waals surface area (Å²) in [5.41, 5.74) is 5.04. The summed E-state index contributed by atoms with van der Waals surface area (Å²) in [5.74, 6) is -1.32. The SMILES string of the molecule is Cc1cc(C(=O)COC(=O)C2=NNC(=O)CC2)c(C)n1-c1ccc(Cl)c(Cl)c1. The number of esters is 1. The van der Waals surface area contributed by atoms with Crippen LogP contribution in [0.3, 0.4) is 0 Å². The van der Waals surface area contributed by atoms with E-state index in [1.807, 2.05) is 11.5 Å². The van der Waals surface area contributed by atoms with E-state index in [4.69, 9.17) is 27.9 Å². The molecular formula is C19H17Cl2N3O4. The fraction of sp³-hybridized carbons (Fsp3) is 0.263. The van der Waals surface area contributed by atoms with Crippen molar-refractivity contribution in [3.8, 4) is 5.69 Å². The van der Waals surface area contributed by atoms with Crippen LogP contribution in [0.15, 0.2) is 29.4 Å². The summed E-state index contributed by atoms with van der Waals surface area (Å²) in [6, 6.07) is 6.93. The second-order valence-electron chi connectivity index (χ2n) is 6.31. The predicted molar refractivity (Wildman–Crippen MR) is 105 cm³/mol. The number of halogens is 2. The fourth-order valence-corrected chi connectivity index (χ4v) is 3.27. The number of carbonyl (C=O) groups is 3. The van der Waals surface area contributed by atoms with Gasteiger partial charge >= 0.3 is 5.97 Å². The maximum atomic E-state index is 12.6. The van der Waals surface area contributed by atoms with Gasteiger partial charge in [0.05, 0.1) is 10.0 Å². The largest absolute Gasteiger partial charge is 0.453 e. The molecule has 2 aromatic rings. The number of nitrogens with one attached hydrogen (secondary N) is 1. The third-order valence-corrected chi connectivity index (χ3v) is 5.11. The number of nitrogens with zero attached hydrogens (tertiary/aromatic N) is 2. The second-order valence-corrected chi connectivity index (χ2v) is 7.13. The van der Waals surface area contributed by atoms with Crippen LogP contribution in [0.5, 0.6) is 0 Å². The number of rotatable bonds is 5. The van der Waals surface area contributed by atoms with Crippen LogP contribution in [-0.4, -0.2) is 34.5 Å². The smallest absolute Gasteiger partial charge is 0.354 e. The van der Waals surface area contributed by atoms with Crippen LogP contribution in [0, 0.1) is 13.8 Å². The number of Topliss-reactive ketones (excluding diaryl/α,β-unsaturated/α-hetero) is 1. The summed E-state index contributed by atoms with van der Waals surface area (Å²) >= 11 is 12.1. The van der Waals surface area contributed by atoms with Crippen LogP contribution >= 0.6 is 23.2 Å². The zero-order valence-electron chi connectivity index (χ0n) is 15.2. The number of benzene rings is 1. The van der Waals surface area contributed by atoms with E-state index in [1.54, 1.807) is 31.2 Å². The van der Waals surface area contributed by atoms with Gasteiger partial charge in [0.15, 0.2) is 6.61 Å². The summed E-state index contributed by atoms with van der Waals surface area (Å²) < 4.78 is 6.93. The van der Waals surface area contributed by atoms with E-state index < -0.39 is 12.6 Å². The summed E-state index contributed by atoms with van der Waals surface area (Å²) in [5, 5.41) is 4.51. The van der Waals surface area contributed by atoms with Crippen LogP contribution in [0.1, 0.15) is 34.6 Å². The number of aromatic nitrogens is 1. The molecule has 3 rings (SSSR count). The van der Waals surface area contributed by atoms with Crippen LogP contribution in [-0.2, 0) is 14.3 Å². The van der Waals surface area contributed by atoms with E-state index in [1.165, 1.54) is 0 Å². The molecule has 1 amide bonds. The molecule has 2 heterocycles. The highest BCUT2D eigenvalue weighted by molar-refractivity contribution is 6.42. The molecule has 0 saturated carbocycles. The Morgan fingerprint density at radius 1 is 1.18 bits per heavy atom. The summed E-state index contributed by atoms with van der Waals surface area (Å²) in [7, 11) is 0. The highest BCUT2D eigenvalue weighted by Gasteiger charge is 2.22. The topological polar surface area (TPSA) is 89.8 Å². The fourth-order valence-electron chi connectivity index (χ4n) is 2.98. The zero-order valence-corrected chi connectivity index (χ0v) is 16.7. The van der Waals surface area contributed by atoms with Crippen molar-refractivity contribution in [1.29, 1.82) is 0 Å². The highest BCUT2D eigenvalue weighted by atomic mass is 35.5. The van der Waals surface area contributed by atoms with Gasteiger partial charge in [0.2, 0.25) is 11.7 Å². The van der Waals surface area contributed by atoms with Crippen molar-refractivity contribution in [2.45, 2.75) is 26.7 Å². The Hall–Kier alpha value is -2.64. The van der Waals surface area contributed by atoms with Gasteiger partial charge in [-0.05, 0) is 38.1 Å². The molecule has 1 aliphatic heterocycles. The molecule has 1 aromatic carbocycles. The van der Waals surface area contributed by atoms with Crippen molar-refractivity contribution in [1.82, 2.24) is 9.99 Å². The molecule has 0 aliphatic carbocycles. The van der Waals surface area contributed by atoms with Gasteiger partial charge in [0.1, 0.15) is 5.71 Å². The van der Waals surface area contributed by atoms with Crippen molar-refractivity contribution in [3.05, 3.63) is 51.3 Å². The Labute approximate surface area is 171 Å². The van der Waals surface area contributed by atoms with E-state index in [0.29, 0.717) is 21.3 Å². The molecule has 146 valence electrons. The molecule has 0 spiro atoms. The number of hydrogen-bond acceptors (Lipinski definition) is 5. The number of carbonyl (C=O) groups excluding carboxylic acids is 3. The van der Waals surface area contributed by atoms with Crippen molar-refractivity contribution >= 4 is 46.6 Å². The minimum atomic E-state index is -0.716. The molecule has 1 aliphatic rings. The van der Waals surface area contributed by atoms with Gasteiger partial charge in [-0.3, -0.25) is 9.59 Å². The van der Waals surface area contributed by atoms with E-state index in [9.17, 15) is 14.4 Å². The molecule has 0 bridgehead atoms. The lowest BCUT2D eigenvalue weighted by Crippen LogP contribution is -2.31. The quantitative estimate of drug-likeness (QED) is 0.591. The highest BCUT2D eigenvalue weighted by Crippen LogP contribution is 2.27. The Bertz CT molecular complexity index is 1010. The number of ketones is 1. The molecule has 1 aromatic heterocycles. The number of aryl methyl sites for hydroxylation is 1. The molecule has 7 nitrogen and oxygen atoms in total. The summed E-state index contributed by atoms with van der Waals surface area (Å²) in [6.07, 6.45) is 0.345. The third kappa shape index (κ3) is 4.10. The van der Waals surface area contributed by atoms with Gasteiger partial charge in [-0.2, -0.15) is 5.10 Å². The van der Waals surface area contributed by atoms with Gasteiger partial charge in [-0.15, -0.1) is 0 Å². The average molecular weight is 422 g/mol. The maximum Gasteiger partial charge on any atom is 0.354 e. The number of hydrogen-bond donors (Lipinski definition) is 1. The first kappa shape index (κ1) is 20.1. The molecule has 0 fully saturated rings. The zero-order chi connectivity index (χ0) is 20.4. The third-order valence-electron chi connectivity index (χ3n) is 4.37. The Balaban J connectivity index is 1.75. The molecule has 0 unspecified atom stereocenters. The van der Waals surface area contributed by atoms with Gasteiger partial charge in [-0.1, -0.05) is 23.2 Å². The standard InChI is InChI=1S/C19H17Cl2N3O4/c1-10-7-13(11(2)24(10)12-3-4-14(20)15(21)8-12)17(25)9-28-19(27)16-5-6-18(26)23-22-16/h3-4,7-8H,5-6,9H2,1-2H3,(H,23,26). The van der Waals surface area contributed by atoms with Crippen LogP contribution in [0.4, 0.5) is 0 Å². The first-order chi connectivity index (χ1) is 13.3. The minimum absolute atomic E-state index is 0.0914. The first-order valence-electron chi connectivity index (χ1n) is 8.48. The van der Waals surface area contributed by atoms with Gasteiger partial charge in [0.25, 0.3) is 0 Å². The van der Waals surface area contributed by atoms with Gasteiger partial charge in [-0.25, -0.2) is 10.2 Å². The van der Waals surface area contributed by atoms with Gasteiger partial charge < -0.3 is 9.30 Å². The average Bonchev–Trinajstić information content (AvgIpc) is 2.97. The lowest BCUT2D eigenvalue weighted by Gasteiger charge is -2.12. The monoisotopic (exact) mass is 421 g/mol. The van der Waals surface area contributed by atoms with Crippen molar-refractivity contribution in [2.24, 2.45) is 5.10 Å². The van der Waals surface area contributed by atoms with Gasteiger partial charge in [0, 0.05) is 35.5 Å². The van der Waals surface area contributed by atoms with Crippen molar-refractivity contribution < 1.29 is 19.1 Å². The Kier molecular flexibility index (Phi) is 5.86. The molecular weight excluding hydrogens is 405 g/mol. The van der Waals surface area contributed by atoms with Crippen LogP contribution < -0.4 is 5.43 Å². The van der Waals surface area contributed by atoms with Crippen LogP contribution in [0.2, 0.25) is 10.0 Å². The number of amides is 1. The Morgan fingerprint density at radius 3 is 2.57 bits per heavy atom. The predicted octanol–water partition coefficient (Wildman–Crippen LogP) is 3.39. The molecule has 9 heteroatoms. The summed E-state index contributed by atoms with van der Waals surface area (Å²) in [4.78, 5) is 35.6. The van der Waals surface area contributed by atoms with Crippen molar-refractivity contribution in [2.75, 3.05) is 6.61 Å².